The first kappa shape index (κ1) is 16.3. The number of rotatable bonds is 3. The van der Waals surface area contributed by atoms with Crippen LogP contribution in [0.5, 0.6) is 0 Å². The van der Waals surface area contributed by atoms with Crippen molar-refractivity contribution in [1.82, 2.24) is 5.32 Å². The molecule has 0 bridgehead atoms. The molecular weight excluding hydrogens is 324 g/mol. The standard InChI is InChI=1S/C17H14N4O4/c1-11-13(8-5-9-14(11)21(24)25)17(23)18-15-10-16(22)20(19-15)12-6-3-2-4-7-12/h2-9H,10H2,1H3,(H,18,19,23). The van der Waals surface area contributed by atoms with Crippen molar-refractivity contribution in [3.05, 3.63) is 69.8 Å². The molecule has 126 valence electrons. The van der Waals surface area contributed by atoms with E-state index in [-0.39, 0.29) is 35.0 Å². The molecule has 0 unspecified atom stereocenters. The smallest absolute Gasteiger partial charge is 0.273 e. The Balaban J connectivity index is 1.81. The van der Waals surface area contributed by atoms with Gasteiger partial charge in [0, 0.05) is 17.2 Å². The van der Waals surface area contributed by atoms with Gasteiger partial charge in [-0.05, 0) is 25.1 Å². The number of anilines is 1. The summed E-state index contributed by atoms with van der Waals surface area (Å²) in [7, 11) is 0. The Kier molecular flexibility index (Phi) is 4.25. The number of nitrogens with one attached hydrogen (secondary N) is 1. The van der Waals surface area contributed by atoms with Gasteiger partial charge in [-0.1, -0.05) is 24.3 Å². The lowest BCUT2D eigenvalue weighted by molar-refractivity contribution is -0.385. The normalized spacial score (nSPS) is 13.6. The van der Waals surface area contributed by atoms with Gasteiger partial charge in [0.05, 0.1) is 17.0 Å². The van der Waals surface area contributed by atoms with Crippen LogP contribution in [0.3, 0.4) is 0 Å². The lowest BCUT2D eigenvalue weighted by Gasteiger charge is -2.10. The second-order valence-electron chi connectivity index (χ2n) is 5.43. The summed E-state index contributed by atoms with van der Waals surface area (Å²) in [5, 5.41) is 18.9. The molecule has 1 aliphatic heterocycles. The highest BCUT2D eigenvalue weighted by molar-refractivity contribution is 6.18. The zero-order valence-electron chi connectivity index (χ0n) is 13.3. The fraction of sp³-hybridized carbons (Fsp3) is 0.118. The van der Waals surface area contributed by atoms with Gasteiger partial charge in [0.15, 0.2) is 0 Å². The van der Waals surface area contributed by atoms with Crippen molar-refractivity contribution in [1.29, 1.82) is 0 Å². The molecule has 8 nitrogen and oxygen atoms in total. The maximum absolute atomic E-state index is 12.4. The van der Waals surface area contributed by atoms with Crippen LogP contribution < -0.4 is 10.3 Å². The molecule has 0 saturated heterocycles. The SMILES string of the molecule is Cc1c(C(=O)NC2=NN(c3ccccc3)C(=O)C2)cccc1[N+](=O)[O-]. The van der Waals surface area contributed by atoms with Crippen LogP contribution in [-0.4, -0.2) is 22.6 Å². The molecule has 0 atom stereocenters. The molecule has 0 fully saturated rings. The summed E-state index contributed by atoms with van der Waals surface area (Å²) in [5.41, 5.74) is 0.892. The number of benzene rings is 2. The molecule has 0 saturated carbocycles. The van der Waals surface area contributed by atoms with E-state index in [1.807, 2.05) is 6.07 Å². The fourth-order valence-corrected chi connectivity index (χ4v) is 2.54. The molecule has 0 aromatic heterocycles. The number of amidine groups is 1. The number of carbonyl (C=O) groups excluding carboxylic acids is 2. The quantitative estimate of drug-likeness (QED) is 0.685. The van der Waals surface area contributed by atoms with Crippen LogP contribution in [0, 0.1) is 17.0 Å². The van der Waals surface area contributed by atoms with Crippen molar-refractivity contribution >= 4 is 29.0 Å². The van der Waals surface area contributed by atoms with Crippen LogP contribution in [0.1, 0.15) is 22.3 Å². The molecular formula is C17H14N4O4. The van der Waals surface area contributed by atoms with Gasteiger partial charge in [-0.15, -0.1) is 0 Å². The Morgan fingerprint density at radius 2 is 1.92 bits per heavy atom. The average Bonchev–Trinajstić information content (AvgIpc) is 2.95. The zero-order chi connectivity index (χ0) is 18.0. The molecule has 2 aromatic rings. The Labute approximate surface area is 142 Å². The number of nitrogens with zero attached hydrogens (tertiary/aromatic N) is 3. The van der Waals surface area contributed by atoms with E-state index in [0.29, 0.717) is 5.69 Å². The number of para-hydroxylation sites is 1. The van der Waals surface area contributed by atoms with E-state index >= 15 is 0 Å². The summed E-state index contributed by atoms with van der Waals surface area (Å²) >= 11 is 0. The van der Waals surface area contributed by atoms with Crippen LogP contribution in [0.15, 0.2) is 53.6 Å². The van der Waals surface area contributed by atoms with Gasteiger partial charge in [-0.3, -0.25) is 19.7 Å². The first-order valence-electron chi connectivity index (χ1n) is 7.48. The summed E-state index contributed by atoms with van der Waals surface area (Å²) in [4.78, 5) is 34.9. The molecule has 2 aromatic carbocycles. The molecule has 1 aliphatic rings. The topological polar surface area (TPSA) is 105 Å². The van der Waals surface area contributed by atoms with Gasteiger partial charge in [-0.2, -0.15) is 10.1 Å². The molecule has 25 heavy (non-hydrogen) atoms. The van der Waals surface area contributed by atoms with E-state index in [9.17, 15) is 19.7 Å². The third-order valence-electron chi connectivity index (χ3n) is 3.78. The number of nitro groups is 1. The second kappa shape index (κ2) is 6.52. The minimum Gasteiger partial charge on any atom is -0.308 e. The highest BCUT2D eigenvalue weighted by atomic mass is 16.6. The van der Waals surface area contributed by atoms with Crippen LogP contribution in [0.2, 0.25) is 0 Å². The van der Waals surface area contributed by atoms with E-state index < -0.39 is 10.8 Å². The van der Waals surface area contributed by atoms with Crippen molar-refractivity contribution in [3.8, 4) is 0 Å². The maximum atomic E-state index is 12.4. The van der Waals surface area contributed by atoms with E-state index in [1.54, 1.807) is 24.3 Å². The largest absolute Gasteiger partial charge is 0.308 e. The van der Waals surface area contributed by atoms with E-state index in [0.717, 1.165) is 0 Å². The Morgan fingerprint density at radius 3 is 2.60 bits per heavy atom. The second-order valence-corrected chi connectivity index (χ2v) is 5.43. The van der Waals surface area contributed by atoms with Crippen molar-refractivity contribution in [2.75, 3.05) is 5.01 Å². The van der Waals surface area contributed by atoms with E-state index in [1.165, 1.54) is 30.1 Å². The van der Waals surface area contributed by atoms with Crippen molar-refractivity contribution in [2.24, 2.45) is 5.10 Å². The lowest BCUT2D eigenvalue weighted by Crippen LogP contribution is -2.30. The molecule has 0 radical (unpaired) electrons. The predicted octanol–water partition coefficient (Wildman–Crippen LogP) is 2.38. The number of carbonyl (C=O) groups is 2. The van der Waals surface area contributed by atoms with Crippen molar-refractivity contribution in [2.45, 2.75) is 13.3 Å². The van der Waals surface area contributed by atoms with Crippen LogP contribution >= 0.6 is 0 Å². The first-order chi connectivity index (χ1) is 12.0. The fourth-order valence-electron chi connectivity index (χ4n) is 2.54. The van der Waals surface area contributed by atoms with Crippen LogP contribution in [-0.2, 0) is 4.79 Å². The summed E-state index contributed by atoms with van der Waals surface area (Å²) in [6, 6.07) is 13.1. The molecule has 1 heterocycles. The van der Waals surface area contributed by atoms with Crippen molar-refractivity contribution < 1.29 is 14.5 Å². The van der Waals surface area contributed by atoms with Gasteiger partial charge in [0.1, 0.15) is 5.84 Å². The summed E-state index contributed by atoms with van der Waals surface area (Å²) < 4.78 is 0. The van der Waals surface area contributed by atoms with E-state index in [4.69, 9.17) is 0 Å². The predicted molar refractivity (Wildman–Crippen MR) is 91.3 cm³/mol. The summed E-state index contributed by atoms with van der Waals surface area (Å²) in [6.07, 6.45) is -0.0470. The van der Waals surface area contributed by atoms with Crippen LogP contribution in [0.25, 0.3) is 0 Å². The Morgan fingerprint density at radius 1 is 1.20 bits per heavy atom. The summed E-state index contributed by atoms with van der Waals surface area (Å²) in [6.45, 7) is 1.50. The number of hydrogen-bond acceptors (Lipinski definition) is 5. The van der Waals surface area contributed by atoms with Gasteiger partial charge in [-0.25, -0.2) is 0 Å². The zero-order valence-corrected chi connectivity index (χ0v) is 13.3. The monoisotopic (exact) mass is 338 g/mol. The first-order valence-corrected chi connectivity index (χ1v) is 7.48. The number of amides is 2. The van der Waals surface area contributed by atoms with Gasteiger partial charge in [0.25, 0.3) is 17.5 Å². The number of hydrazone groups is 1. The molecule has 8 heteroatoms. The third-order valence-corrected chi connectivity index (χ3v) is 3.78. The van der Waals surface area contributed by atoms with Gasteiger partial charge < -0.3 is 5.32 Å². The number of hydrogen-bond donors (Lipinski definition) is 1. The molecule has 1 N–H and O–H groups in total. The highest BCUT2D eigenvalue weighted by Crippen LogP contribution is 2.22. The van der Waals surface area contributed by atoms with Crippen molar-refractivity contribution in [3.63, 3.8) is 0 Å². The van der Waals surface area contributed by atoms with Gasteiger partial charge in [0.2, 0.25) is 0 Å². The minimum atomic E-state index is -0.542. The highest BCUT2D eigenvalue weighted by Gasteiger charge is 2.27. The lowest BCUT2D eigenvalue weighted by atomic mass is 10.1. The molecule has 2 amide bonds. The van der Waals surface area contributed by atoms with E-state index in [2.05, 4.69) is 10.4 Å². The summed E-state index contributed by atoms with van der Waals surface area (Å²) in [5.74, 6) is -0.607. The van der Waals surface area contributed by atoms with Gasteiger partial charge >= 0.3 is 0 Å². The average molecular weight is 338 g/mol. The molecule has 0 aliphatic carbocycles. The Hall–Kier alpha value is -3.55. The minimum absolute atomic E-state index is 0.0470. The Bertz CT molecular complexity index is 893. The molecule has 0 spiro atoms. The molecule has 3 rings (SSSR count). The third kappa shape index (κ3) is 3.23. The van der Waals surface area contributed by atoms with Crippen LogP contribution in [0.4, 0.5) is 11.4 Å². The maximum Gasteiger partial charge on any atom is 0.273 e. The number of nitro benzene ring substituents is 1.